The van der Waals surface area contributed by atoms with Gasteiger partial charge in [-0.15, -0.1) is 10.2 Å². The molecule has 2 aromatic rings. The Bertz CT molecular complexity index is 544. The molecule has 0 aliphatic heterocycles. The van der Waals surface area contributed by atoms with Crippen molar-refractivity contribution in [1.82, 2.24) is 29.9 Å². The van der Waals surface area contributed by atoms with Gasteiger partial charge in [0.2, 0.25) is 5.91 Å². The number of rotatable bonds is 4. The number of anilines is 1. The zero-order valence-corrected chi connectivity index (χ0v) is 10.2. The number of nitrogens with two attached hydrogens (primary N) is 1. The number of aryl methyl sites for hydroxylation is 1. The van der Waals surface area contributed by atoms with E-state index in [1.807, 2.05) is 14.0 Å². The summed E-state index contributed by atoms with van der Waals surface area (Å²) in [5, 5.41) is 14.5. The summed E-state index contributed by atoms with van der Waals surface area (Å²) in [6.45, 7) is 1.97. The van der Waals surface area contributed by atoms with Gasteiger partial charge in [0, 0.05) is 13.2 Å². The maximum atomic E-state index is 11.8. The molecule has 2 aromatic heterocycles. The highest BCUT2D eigenvalue weighted by Gasteiger charge is 2.14. The smallest absolute Gasteiger partial charge is 0.242 e. The summed E-state index contributed by atoms with van der Waals surface area (Å²) < 4.78 is 3.24. The topological polar surface area (TPSA) is 104 Å². The molecule has 1 amide bonds. The fourth-order valence-electron chi connectivity index (χ4n) is 1.65. The molecule has 2 heterocycles. The van der Waals surface area contributed by atoms with Crippen LogP contribution in [0.2, 0.25) is 0 Å². The van der Waals surface area contributed by atoms with Crippen LogP contribution in [0.1, 0.15) is 18.8 Å². The van der Waals surface area contributed by atoms with Crippen molar-refractivity contribution in [3.8, 4) is 0 Å². The highest BCUT2D eigenvalue weighted by molar-refractivity contribution is 5.76. The third-order valence-corrected chi connectivity index (χ3v) is 2.48. The van der Waals surface area contributed by atoms with Crippen molar-refractivity contribution in [3.05, 3.63) is 24.4 Å². The third kappa shape index (κ3) is 2.65. The highest BCUT2D eigenvalue weighted by Crippen LogP contribution is 2.06. The number of nitrogens with one attached hydrogen (secondary N) is 1. The number of nitrogens with zero attached hydrogens (tertiary/aromatic N) is 5. The Labute approximate surface area is 104 Å². The highest BCUT2D eigenvalue weighted by atomic mass is 16.2. The summed E-state index contributed by atoms with van der Waals surface area (Å²) in [5.41, 5.74) is 5.47. The number of nitrogen functional groups attached to an aromatic ring is 1. The van der Waals surface area contributed by atoms with E-state index in [0.717, 1.165) is 0 Å². The second-order valence-electron chi connectivity index (χ2n) is 4.03. The molecule has 3 N–H and O–H groups in total. The van der Waals surface area contributed by atoms with Gasteiger partial charge in [-0.2, -0.15) is 5.10 Å². The van der Waals surface area contributed by atoms with E-state index in [1.165, 1.54) is 4.68 Å². The predicted molar refractivity (Wildman–Crippen MR) is 64.2 cm³/mol. The zero-order valence-electron chi connectivity index (χ0n) is 10.2. The number of amides is 1. The van der Waals surface area contributed by atoms with Gasteiger partial charge in [-0.3, -0.25) is 9.48 Å². The maximum absolute atomic E-state index is 11.8. The van der Waals surface area contributed by atoms with Crippen LogP contribution in [0.5, 0.6) is 0 Å². The first-order valence-electron chi connectivity index (χ1n) is 5.48. The second-order valence-corrected chi connectivity index (χ2v) is 4.03. The molecule has 0 aliphatic rings. The average Bonchev–Trinajstić information content (AvgIpc) is 2.87. The quantitative estimate of drug-likeness (QED) is 0.758. The lowest BCUT2D eigenvalue weighted by Crippen LogP contribution is -2.31. The molecule has 8 heteroatoms. The molecule has 96 valence electrons. The van der Waals surface area contributed by atoms with E-state index in [9.17, 15) is 4.79 Å². The minimum Gasteiger partial charge on any atom is -0.382 e. The molecule has 2 rings (SSSR count). The van der Waals surface area contributed by atoms with Gasteiger partial charge in [0.25, 0.3) is 0 Å². The molecule has 0 fully saturated rings. The normalized spacial score (nSPS) is 12.3. The van der Waals surface area contributed by atoms with Gasteiger partial charge in [-0.1, -0.05) is 0 Å². The van der Waals surface area contributed by atoms with E-state index in [2.05, 4.69) is 20.6 Å². The van der Waals surface area contributed by atoms with Crippen molar-refractivity contribution in [2.75, 3.05) is 5.73 Å². The molecule has 0 bridgehead atoms. The number of carbonyl (C=O) groups is 1. The molecule has 0 saturated carbocycles. The molecule has 8 nitrogen and oxygen atoms in total. The monoisotopic (exact) mass is 249 g/mol. The van der Waals surface area contributed by atoms with Crippen LogP contribution < -0.4 is 11.1 Å². The first-order chi connectivity index (χ1) is 8.56. The standard InChI is InChI=1S/C10H15N7O/c1-7(10-14-12-6-16(10)2)13-9(18)5-17-4-3-8(11)15-17/h3-4,6-7H,5H2,1-2H3,(H2,11,15)(H,13,18). The molecular formula is C10H15N7O. The van der Waals surface area contributed by atoms with Crippen molar-refractivity contribution in [2.24, 2.45) is 7.05 Å². The van der Waals surface area contributed by atoms with E-state index < -0.39 is 0 Å². The summed E-state index contributed by atoms with van der Waals surface area (Å²) in [4.78, 5) is 11.8. The largest absolute Gasteiger partial charge is 0.382 e. The Balaban J connectivity index is 1.93. The van der Waals surface area contributed by atoms with Gasteiger partial charge in [0.05, 0.1) is 6.04 Å². The van der Waals surface area contributed by atoms with Crippen molar-refractivity contribution < 1.29 is 4.79 Å². The lowest BCUT2D eigenvalue weighted by molar-refractivity contribution is -0.122. The van der Waals surface area contributed by atoms with Gasteiger partial charge in [0.15, 0.2) is 5.82 Å². The fraction of sp³-hybridized carbons (Fsp3) is 0.400. The van der Waals surface area contributed by atoms with E-state index in [4.69, 9.17) is 5.73 Å². The average molecular weight is 249 g/mol. The van der Waals surface area contributed by atoms with Crippen LogP contribution in [0.3, 0.4) is 0 Å². The first kappa shape index (κ1) is 12.1. The number of hydrogen-bond acceptors (Lipinski definition) is 5. The Kier molecular flexibility index (Phi) is 3.26. The van der Waals surface area contributed by atoms with Crippen LogP contribution in [-0.4, -0.2) is 30.5 Å². The molecule has 0 aromatic carbocycles. The van der Waals surface area contributed by atoms with Crippen molar-refractivity contribution in [1.29, 1.82) is 0 Å². The Morgan fingerprint density at radius 3 is 2.94 bits per heavy atom. The van der Waals surface area contributed by atoms with Gasteiger partial charge in [-0.25, -0.2) is 0 Å². The lowest BCUT2D eigenvalue weighted by atomic mass is 10.3. The minimum absolute atomic E-state index is 0.124. The summed E-state index contributed by atoms with van der Waals surface area (Å²) in [7, 11) is 1.83. The molecule has 0 aliphatic carbocycles. The Hall–Kier alpha value is -2.38. The van der Waals surface area contributed by atoms with Crippen LogP contribution >= 0.6 is 0 Å². The third-order valence-electron chi connectivity index (χ3n) is 2.48. The van der Waals surface area contributed by atoms with Gasteiger partial charge < -0.3 is 15.6 Å². The van der Waals surface area contributed by atoms with Gasteiger partial charge in [-0.05, 0) is 13.0 Å². The number of hydrogen-bond donors (Lipinski definition) is 2. The first-order valence-corrected chi connectivity index (χ1v) is 5.48. The van der Waals surface area contributed by atoms with Crippen molar-refractivity contribution >= 4 is 11.7 Å². The molecular weight excluding hydrogens is 234 g/mol. The Morgan fingerprint density at radius 2 is 2.39 bits per heavy atom. The SMILES string of the molecule is CC(NC(=O)Cn1ccc(N)n1)c1nncn1C. The molecule has 1 atom stereocenters. The van der Waals surface area contributed by atoms with Crippen LogP contribution in [0.4, 0.5) is 5.82 Å². The Morgan fingerprint density at radius 1 is 1.61 bits per heavy atom. The summed E-state index contributed by atoms with van der Waals surface area (Å²) >= 11 is 0. The van der Waals surface area contributed by atoms with E-state index in [0.29, 0.717) is 11.6 Å². The predicted octanol–water partition coefficient (Wildman–Crippen LogP) is -0.529. The van der Waals surface area contributed by atoms with E-state index in [1.54, 1.807) is 23.2 Å². The van der Waals surface area contributed by atoms with Crippen molar-refractivity contribution in [3.63, 3.8) is 0 Å². The minimum atomic E-state index is -0.210. The van der Waals surface area contributed by atoms with Crippen LogP contribution in [0, 0.1) is 0 Å². The summed E-state index contributed by atoms with van der Waals surface area (Å²) in [5.74, 6) is 0.932. The lowest BCUT2D eigenvalue weighted by Gasteiger charge is -2.12. The maximum Gasteiger partial charge on any atom is 0.242 e. The van der Waals surface area contributed by atoms with Crippen molar-refractivity contribution in [2.45, 2.75) is 19.5 Å². The van der Waals surface area contributed by atoms with Crippen LogP contribution in [-0.2, 0) is 18.4 Å². The summed E-state index contributed by atoms with van der Waals surface area (Å²) in [6.07, 6.45) is 3.24. The molecule has 1 unspecified atom stereocenters. The van der Waals surface area contributed by atoms with Crippen LogP contribution in [0.25, 0.3) is 0 Å². The van der Waals surface area contributed by atoms with Crippen LogP contribution in [0.15, 0.2) is 18.6 Å². The molecule has 0 spiro atoms. The molecule has 18 heavy (non-hydrogen) atoms. The molecule has 0 radical (unpaired) electrons. The zero-order chi connectivity index (χ0) is 13.1. The molecule has 0 saturated heterocycles. The number of aromatic nitrogens is 5. The van der Waals surface area contributed by atoms with Gasteiger partial charge >= 0.3 is 0 Å². The summed E-state index contributed by atoms with van der Waals surface area (Å²) in [6, 6.07) is 1.43. The fourth-order valence-corrected chi connectivity index (χ4v) is 1.65. The van der Waals surface area contributed by atoms with E-state index >= 15 is 0 Å². The van der Waals surface area contributed by atoms with Gasteiger partial charge in [0.1, 0.15) is 18.7 Å². The van der Waals surface area contributed by atoms with E-state index in [-0.39, 0.29) is 18.5 Å². The second kappa shape index (κ2) is 4.86. The number of carbonyl (C=O) groups excluding carboxylic acids is 1.